The van der Waals surface area contributed by atoms with Gasteiger partial charge >= 0.3 is 0 Å². The highest BCUT2D eigenvalue weighted by molar-refractivity contribution is 7.98. The van der Waals surface area contributed by atoms with Gasteiger partial charge in [0.15, 0.2) is 0 Å². The van der Waals surface area contributed by atoms with E-state index in [0.717, 1.165) is 10.5 Å². The summed E-state index contributed by atoms with van der Waals surface area (Å²) in [6.07, 6.45) is 2.24. The molecule has 0 radical (unpaired) electrons. The Morgan fingerprint density at radius 1 is 1.25 bits per heavy atom. The van der Waals surface area contributed by atoms with Gasteiger partial charge in [0.2, 0.25) is 11.8 Å². The molecule has 2 amide bonds. The molecule has 0 spiro atoms. The summed E-state index contributed by atoms with van der Waals surface area (Å²) < 4.78 is 0. The van der Waals surface area contributed by atoms with Crippen LogP contribution >= 0.6 is 11.8 Å². The van der Waals surface area contributed by atoms with Crippen LogP contribution in [0.15, 0.2) is 29.2 Å². The van der Waals surface area contributed by atoms with E-state index in [1.807, 2.05) is 30.5 Å². The van der Waals surface area contributed by atoms with Crippen molar-refractivity contribution in [1.29, 1.82) is 0 Å². The van der Waals surface area contributed by atoms with Crippen molar-refractivity contribution in [3.8, 4) is 0 Å². The smallest absolute Gasteiger partial charge is 0.237 e. The first kappa shape index (κ1) is 11.2. The van der Waals surface area contributed by atoms with Gasteiger partial charge in [-0.15, -0.1) is 11.8 Å². The maximum Gasteiger partial charge on any atom is 0.237 e. The van der Waals surface area contributed by atoms with Crippen LogP contribution in [0.1, 0.15) is 18.9 Å². The van der Waals surface area contributed by atoms with E-state index in [-0.39, 0.29) is 18.2 Å². The normalized spacial score (nSPS) is 24.6. The van der Waals surface area contributed by atoms with Gasteiger partial charge in [-0.1, -0.05) is 12.1 Å². The standard InChI is InChI=1S/C12H13NO2S/c1-12(7-10(14)13-11(12)15)8-3-5-9(16-2)6-4-8/h3-6H,7H2,1-2H3,(H,13,14,15). The van der Waals surface area contributed by atoms with E-state index >= 15 is 0 Å². The highest BCUT2D eigenvalue weighted by atomic mass is 32.2. The average molecular weight is 235 g/mol. The van der Waals surface area contributed by atoms with Crippen LogP contribution in [0, 0.1) is 0 Å². The molecule has 1 atom stereocenters. The van der Waals surface area contributed by atoms with Crippen molar-refractivity contribution in [3.05, 3.63) is 29.8 Å². The van der Waals surface area contributed by atoms with E-state index in [1.165, 1.54) is 0 Å². The van der Waals surface area contributed by atoms with E-state index in [4.69, 9.17) is 0 Å². The molecular formula is C12H13NO2S. The fraction of sp³-hybridized carbons (Fsp3) is 0.333. The van der Waals surface area contributed by atoms with E-state index < -0.39 is 5.41 Å². The summed E-state index contributed by atoms with van der Waals surface area (Å²) in [6, 6.07) is 7.79. The zero-order chi connectivity index (χ0) is 11.8. The number of carbonyl (C=O) groups is 2. The third-order valence-corrected chi connectivity index (χ3v) is 3.74. The van der Waals surface area contributed by atoms with Gasteiger partial charge in [0, 0.05) is 11.3 Å². The molecule has 2 rings (SSSR count). The molecule has 1 aromatic carbocycles. The number of hydrogen-bond acceptors (Lipinski definition) is 3. The second-order valence-corrected chi connectivity index (χ2v) is 4.99. The average Bonchev–Trinajstić information content (AvgIpc) is 2.54. The fourth-order valence-electron chi connectivity index (χ4n) is 1.90. The SMILES string of the molecule is CSc1ccc(C2(C)CC(=O)NC2=O)cc1. The van der Waals surface area contributed by atoms with Crippen molar-refractivity contribution in [2.45, 2.75) is 23.7 Å². The minimum atomic E-state index is -0.700. The number of amides is 2. The quantitative estimate of drug-likeness (QED) is 0.627. The van der Waals surface area contributed by atoms with Gasteiger partial charge in [0.05, 0.1) is 5.41 Å². The zero-order valence-corrected chi connectivity index (χ0v) is 10.1. The van der Waals surface area contributed by atoms with Crippen molar-refractivity contribution in [3.63, 3.8) is 0 Å². The Hall–Kier alpha value is -1.29. The predicted octanol–water partition coefficient (Wildman–Crippen LogP) is 1.71. The fourth-order valence-corrected chi connectivity index (χ4v) is 2.31. The van der Waals surface area contributed by atoms with Gasteiger partial charge in [0.1, 0.15) is 0 Å². The van der Waals surface area contributed by atoms with Crippen LogP contribution in [0.2, 0.25) is 0 Å². The van der Waals surface area contributed by atoms with Gasteiger partial charge in [-0.05, 0) is 30.9 Å². The minimum absolute atomic E-state index is 0.193. The van der Waals surface area contributed by atoms with Gasteiger partial charge in [-0.3, -0.25) is 14.9 Å². The summed E-state index contributed by atoms with van der Waals surface area (Å²) in [5.74, 6) is -0.393. The van der Waals surface area contributed by atoms with Crippen molar-refractivity contribution in [2.75, 3.05) is 6.26 Å². The summed E-state index contributed by atoms with van der Waals surface area (Å²) in [5.41, 5.74) is 0.197. The largest absolute Gasteiger partial charge is 0.296 e. The molecule has 0 bridgehead atoms. The summed E-state index contributed by atoms with van der Waals surface area (Å²) in [7, 11) is 0. The molecular weight excluding hydrogens is 222 g/mol. The molecule has 84 valence electrons. The minimum Gasteiger partial charge on any atom is -0.296 e. The van der Waals surface area contributed by atoms with Crippen molar-refractivity contribution in [2.24, 2.45) is 0 Å². The van der Waals surface area contributed by atoms with E-state index in [9.17, 15) is 9.59 Å². The van der Waals surface area contributed by atoms with Crippen molar-refractivity contribution >= 4 is 23.6 Å². The number of nitrogens with one attached hydrogen (secondary N) is 1. The highest BCUT2D eigenvalue weighted by Crippen LogP contribution is 2.32. The first-order valence-electron chi connectivity index (χ1n) is 5.05. The van der Waals surface area contributed by atoms with E-state index in [0.29, 0.717) is 0 Å². The number of rotatable bonds is 2. The molecule has 4 heteroatoms. The lowest BCUT2D eigenvalue weighted by Crippen LogP contribution is -2.32. The summed E-state index contributed by atoms with van der Waals surface area (Å²) >= 11 is 1.65. The number of hydrogen-bond donors (Lipinski definition) is 1. The predicted molar refractivity (Wildman–Crippen MR) is 63.3 cm³/mol. The lowest BCUT2D eigenvalue weighted by atomic mass is 9.81. The second-order valence-electron chi connectivity index (χ2n) is 4.11. The molecule has 16 heavy (non-hydrogen) atoms. The first-order valence-corrected chi connectivity index (χ1v) is 6.27. The molecule has 3 nitrogen and oxygen atoms in total. The third-order valence-electron chi connectivity index (χ3n) is 3.00. The maximum atomic E-state index is 11.7. The van der Waals surface area contributed by atoms with Crippen LogP contribution in [-0.4, -0.2) is 18.1 Å². The lowest BCUT2D eigenvalue weighted by molar-refractivity contribution is -0.126. The highest BCUT2D eigenvalue weighted by Gasteiger charge is 2.43. The molecule has 1 heterocycles. The molecule has 1 fully saturated rings. The summed E-state index contributed by atoms with van der Waals surface area (Å²) in [5, 5.41) is 2.35. The Kier molecular flexibility index (Phi) is 2.76. The Morgan fingerprint density at radius 2 is 1.88 bits per heavy atom. The van der Waals surface area contributed by atoms with Crippen LogP contribution in [0.5, 0.6) is 0 Å². The van der Waals surface area contributed by atoms with Crippen LogP contribution in [0.25, 0.3) is 0 Å². The molecule has 1 N–H and O–H groups in total. The first-order chi connectivity index (χ1) is 7.56. The molecule has 1 unspecified atom stereocenters. The number of thioether (sulfide) groups is 1. The number of imide groups is 1. The number of carbonyl (C=O) groups excluding carboxylic acids is 2. The lowest BCUT2D eigenvalue weighted by Gasteiger charge is -2.20. The van der Waals surface area contributed by atoms with Gasteiger partial charge in [-0.2, -0.15) is 0 Å². The Morgan fingerprint density at radius 3 is 2.31 bits per heavy atom. The maximum absolute atomic E-state index is 11.7. The zero-order valence-electron chi connectivity index (χ0n) is 9.24. The number of benzene rings is 1. The van der Waals surface area contributed by atoms with E-state index in [1.54, 1.807) is 18.7 Å². The van der Waals surface area contributed by atoms with Crippen LogP contribution in [0.4, 0.5) is 0 Å². The Bertz CT molecular complexity index is 441. The van der Waals surface area contributed by atoms with E-state index in [2.05, 4.69) is 5.32 Å². The third kappa shape index (κ3) is 1.73. The summed E-state index contributed by atoms with van der Waals surface area (Å²) in [6.45, 7) is 1.81. The van der Waals surface area contributed by atoms with Gasteiger partial charge < -0.3 is 0 Å². The molecule has 1 aliphatic rings. The summed E-state index contributed by atoms with van der Waals surface area (Å²) in [4.78, 5) is 24.1. The monoisotopic (exact) mass is 235 g/mol. The Balaban J connectivity index is 2.36. The molecule has 1 aromatic rings. The van der Waals surface area contributed by atoms with Crippen LogP contribution < -0.4 is 5.32 Å². The molecule has 1 aliphatic heterocycles. The topological polar surface area (TPSA) is 46.2 Å². The molecule has 0 aliphatic carbocycles. The Labute approximate surface area is 98.6 Å². The van der Waals surface area contributed by atoms with Gasteiger partial charge in [-0.25, -0.2) is 0 Å². The molecule has 1 saturated heterocycles. The second kappa shape index (κ2) is 3.94. The molecule has 0 aromatic heterocycles. The molecule has 0 saturated carbocycles. The van der Waals surface area contributed by atoms with Crippen LogP contribution in [-0.2, 0) is 15.0 Å². The van der Waals surface area contributed by atoms with Crippen LogP contribution in [0.3, 0.4) is 0 Å². The van der Waals surface area contributed by atoms with Crippen molar-refractivity contribution < 1.29 is 9.59 Å². The van der Waals surface area contributed by atoms with Crippen molar-refractivity contribution in [1.82, 2.24) is 5.32 Å². The van der Waals surface area contributed by atoms with Gasteiger partial charge in [0.25, 0.3) is 0 Å².